The molecule has 6 heteroatoms. The lowest BCUT2D eigenvalue weighted by atomic mass is 10.1. The zero-order valence-electron chi connectivity index (χ0n) is 17.7. The van der Waals surface area contributed by atoms with Crippen LogP contribution in [0.3, 0.4) is 0 Å². The van der Waals surface area contributed by atoms with Crippen LogP contribution in [-0.4, -0.2) is 59.8 Å². The van der Waals surface area contributed by atoms with Gasteiger partial charge in [-0.15, -0.1) is 0 Å². The van der Waals surface area contributed by atoms with Crippen LogP contribution in [0.4, 0.5) is 0 Å². The number of nitrogens with zero attached hydrogens (tertiary/aromatic N) is 3. The predicted octanol–water partition coefficient (Wildman–Crippen LogP) is 3.21. The molecule has 0 bridgehead atoms. The second-order valence-corrected chi connectivity index (χ2v) is 8.06. The molecule has 1 aliphatic rings. The zero-order chi connectivity index (χ0) is 20.8. The summed E-state index contributed by atoms with van der Waals surface area (Å²) in [4.78, 5) is 17.3. The SMILES string of the molecule is CC(CN1CCOCC1)N(CCCn1c(=O)oc2ccccc21)Cc1ccccc1. The molecule has 0 amide bonds. The van der Waals surface area contributed by atoms with E-state index in [0.29, 0.717) is 18.2 Å². The van der Waals surface area contributed by atoms with Gasteiger partial charge < -0.3 is 9.15 Å². The molecule has 1 fully saturated rings. The summed E-state index contributed by atoms with van der Waals surface area (Å²) < 4.78 is 12.6. The number of hydrogen-bond donors (Lipinski definition) is 0. The lowest BCUT2D eigenvalue weighted by Crippen LogP contribution is -2.46. The smallest absolute Gasteiger partial charge is 0.408 e. The Bertz CT molecular complexity index is 976. The van der Waals surface area contributed by atoms with E-state index in [1.807, 2.05) is 24.3 Å². The highest BCUT2D eigenvalue weighted by Crippen LogP contribution is 2.14. The number of rotatable bonds is 9. The van der Waals surface area contributed by atoms with Crippen molar-refractivity contribution in [2.24, 2.45) is 0 Å². The van der Waals surface area contributed by atoms with Gasteiger partial charge >= 0.3 is 5.76 Å². The lowest BCUT2D eigenvalue weighted by Gasteiger charge is -2.35. The first-order valence-corrected chi connectivity index (χ1v) is 10.9. The second kappa shape index (κ2) is 10.1. The number of benzene rings is 2. The fraction of sp³-hybridized carbons (Fsp3) is 0.458. The van der Waals surface area contributed by atoms with Gasteiger partial charge in [0, 0.05) is 45.3 Å². The van der Waals surface area contributed by atoms with Gasteiger partial charge in [0.05, 0.1) is 18.7 Å². The molecule has 160 valence electrons. The van der Waals surface area contributed by atoms with E-state index in [0.717, 1.165) is 57.9 Å². The molecule has 6 nitrogen and oxygen atoms in total. The summed E-state index contributed by atoms with van der Waals surface area (Å²) in [6, 6.07) is 18.7. The Morgan fingerprint density at radius 1 is 1.03 bits per heavy atom. The van der Waals surface area contributed by atoms with Gasteiger partial charge in [0.25, 0.3) is 0 Å². The van der Waals surface area contributed by atoms with Gasteiger partial charge in [-0.25, -0.2) is 4.79 Å². The van der Waals surface area contributed by atoms with Crippen molar-refractivity contribution in [3.05, 3.63) is 70.7 Å². The highest BCUT2D eigenvalue weighted by molar-refractivity contribution is 5.72. The van der Waals surface area contributed by atoms with Crippen LogP contribution in [0.2, 0.25) is 0 Å². The van der Waals surface area contributed by atoms with Crippen molar-refractivity contribution in [2.45, 2.75) is 32.5 Å². The normalized spacial score (nSPS) is 16.3. The number of ether oxygens (including phenoxy) is 1. The van der Waals surface area contributed by atoms with Crippen LogP contribution in [0.15, 0.2) is 63.8 Å². The number of aromatic nitrogens is 1. The van der Waals surface area contributed by atoms with Crippen LogP contribution in [0.5, 0.6) is 0 Å². The van der Waals surface area contributed by atoms with Crippen molar-refractivity contribution in [3.63, 3.8) is 0 Å². The van der Waals surface area contributed by atoms with Crippen molar-refractivity contribution >= 4 is 11.1 Å². The van der Waals surface area contributed by atoms with Crippen molar-refractivity contribution in [1.29, 1.82) is 0 Å². The first-order chi connectivity index (χ1) is 14.7. The van der Waals surface area contributed by atoms with Crippen LogP contribution in [0.1, 0.15) is 18.9 Å². The van der Waals surface area contributed by atoms with Crippen molar-refractivity contribution in [1.82, 2.24) is 14.4 Å². The fourth-order valence-electron chi connectivity index (χ4n) is 4.20. The third-order valence-corrected chi connectivity index (χ3v) is 5.88. The molecule has 1 aromatic heterocycles. The molecule has 2 heterocycles. The monoisotopic (exact) mass is 409 g/mol. The molecule has 30 heavy (non-hydrogen) atoms. The number of fused-ring (bicyclic) bond motifs is 1. The van der Waals surface area contributed by atoms with Gasteiger partial charge in [0.2, 0.25) is 0 Å². The molecule has 2 aromatic carbocycles. The summed E-state index contributed by atoms with van der Waals surface area (Å²) >= 11 is 0. The highest BCUT2D eigenvalue weighted by atomic mass is 16.5. The Balaban J connectivity index is 1.42. The molecule has 0 spiro atoms. The van der Waals surface area contributed by atoms with Crippen LogP contribution in [0, 0.1) is 0 Å². The van der Waals surface area contributed by atoms with Crippen LogP contribution in [0.25, 0.3) is 11.1 Å². The number of morpholine rings is 1. The van der Waals surface area contributed by atoms with Crippen molar-refractivity contribution in [2.75, 3.05) is 39.4 Å². The summed E-state index contributed by atoms with van der Waals surface area (Å²) in [7, 11) is 0. The largest absolute Gasteiger partial charge is 0.419 e. The molecule has 0 radical (unpaired) electrons. The van der Waals surface area contributed by atoms with E-state index in [-0.39, 0.29) is 5.76 Å². The van der Waals surface area contributed by atoms with E-state index in [1.165, 1.54) is 5.56 Å². The maximum Gasteiger partial charge on any atom is 0.419 e. The number of para-hydroxylation sites is 2. The minimum Gasteiger partial charge on any atom is -0.408 e. The van der Waals surface area contributed by atoms with Gasteiger partial charge in [-0.05, 0) is 31.0 Å². The highest BCUT2D eigenvalue weighted by Gasteiger charge is 2.19. The Kier molecular flexibility index (Phi) is 7.00. The van der Waals surface area contributed by atoms with E-state index < -0.39 is 0 Å². The van der Waals surface area contributed by atoms with E-state index in [9.17, 15) is 4.79 Å². The van der Waals surface area contributed by atoms with Crippen molar-refractivity contribution in [3.8, 4) is 0 Å². The average Bonchev–Trinajstić information content (AvgIpc) is 3.09. The molecule has 1 saturated heterocycles. The Morgan fingerprint density at radius 2 is 1.77 bits per heavy atom. The first kappa shape index (κ1) is 20.8. The fourth-order valence-corrected chi connectivity index (χ4v) is 4.20. The third-order valence-electron chi connectivity index (χ3n) is 5.88. The average molecular weight is 410 g/mol. The molecular formula is C24H31N3O3. The quantitative estimate of drug-likeness (QED) is 0.543. The lowest BCUT2D eigenvalue weighted by molar-refractivity contribution is 0.0233. The Morgan fingerprint density at radius 3 is 2.57 bits per heavy atom. The van der Waals surface area contributed by atoms with Crippen LogP contribution < -0.4 is 5.76 Å². The summed E-state index contributed by atoms with van der Waals surface area (Å²) in [5.41, 5.74) is 2.85. The number of aryl methyl sites for hydroxylation is 1. The van der Waals surface area contributed by atoms with Gasteiger partial charge in [0.15, 0.2) is 5.58 Å². The minimum absolute atomic E-state index is 0.271. The van der Waals surface area contributed by atoms with Crippen LogP contribution in [-0.2, 0) is 17.8 Å². The maximum absolute atomic E-state index is 12.3. The topological polar surface area (TPSA) is 50.9 Å². The van der Waals surface area contributed by atoms with Crippen LogP contribution >= 0.6 is 0 Å². The second-order valence-electron chi connectivity index (χ2n) is 8.06. The summed E-state index contributed by atoms with van der Waals surface area (Å²) in [6.45, 7) is 9.47. The van der Waals surface area contributed by atoms with E-state index in [1.54, 1.807) is 4.57 Å². The maximum atomic E-state index is 12.3. The van der Waals surface area contributed by atoms with E-state index in [4.69, 9.17) is 9.15 Å². The first-order valence-electron chi connectivity index (χ1n) is 10.9. The standard InChI is InChI=1S/C24H31N3O3/c1-20(18-25-14-16-29-17-15-25)26(19-21-8-3-2-4-9-21)12-7-13-27-22-10-5-6-11-23(22)30-24(27)28/h2-6,8-11,20H,7,12-19H2,1H3. The molecule has 0 saturated carbocycles. The molecule has 1 unspecified atom stereocenters. The molecule has 3 aromatic rings. The van der Waals surface area contributed by atoms with Gasteiger partial charge in [-0.3, -0.25) is 14.4 Å². The molecule has 4 rings (SSSR count). The van der Waals surface area contributed by atoms with E-state index in [2.05, 4.69) is 47.1 Å². The number of oxazole rings is 1. The summed E-state index contributed by atoms with van der Waals surface area (Å²) in [5.74, 6) is -0.271. The molecule has 0 N–H and O–H groups in total. The zero-order valence-corrected chi connectivity index (χ0v) is 17.7. The number of hydrogen-bond acceptors (Lipinski definition) is 5. The van der Waals surface area contributed by atoms with E-state index >= 15 is 0 Å². The van der Waals surface area contributed by atoms with Gasteiger partial charge in [-0.1, -0.05) is 42.5 Å². The molecular weight excluding hydrogens is 378 g/mol. The minimum atomic E-state index is -0.271. The summed E-state index contributed by atoms with van der Waals surface area (Å²) in [5, 5.41) is 0. The Hall–Kier alpha value is -2.41. The molecule has 1 aliphatic heterocycles. The van der Waals surface area contributed by atoms with Gasteiger partial charge in [-0.2, -0.15) is 0 Å². The predicted molar refractivity (Wildman–Crippen MR) is 119 cm³/mol. The summed E-state index contributed by atoms with van der Waals surface area (Å²) in [6.07, 6.45) is 0.893. The molecule has 1 atom stereocenters. The Labute approximate surface area is 177 Å². The molecule has 0 aliphatic carbocycles. The van der Waals surface area contributed by atoms with Crippen molar-refractivity contribution < 1.29 is 9.15 Å². The third kappa shape index (κ3) is 5.19. The van der Waals surface area contributed by atoms with Gasteiger partial charge in [0.1, 0.15) is 0 Å².